The normalized spacial score (nSPS) is 19.9. The quantitative estimate of drug-likeness (QED) is 0.784. The highest BCUT2D eigenvalue weighted by Crippen LogP contribution is 2.33. The molecule has 0 aromatic heterocycles. The fraction of sp³-hybridized carbons (Fsp3) is 0.478. The van der Waals surface area contributed by atoms with Gasteiger partial charge in [-0.2, -0.15) is 0 Å². The van der Waals surface area contributed by atoms with Crippen LogP contribution in [0.4, 0.5) is 11.4 Å². The molecule has 2 atom stereocenters. The molecule has 0 amide bonds. The maximum absolute atomic E-state index is 5.83. The van der Waals surface area contributed by atoms with Gasteiger partial charge in [-0.3, -0.25) is 0 Å². The Morgan fingerprint density at radius 3 is 2.00 bits per heavy atom. The lowest BCUT2D eigenvalue weighted by atomic mass is 10.1. The highest BCUT2D eigenvalue weighted by Gasteiger charge is 2.23. The van der Waals surface area contributed by atoms with Crippen molar-refractivity contribution in [3.8, 4) is 11.5 Å². The van der Waals surface area contributed by atoms with E-state index in [-0.39, 0.29) is 12.2 Å². The smallest absolute Gasteiger partial charge is 0.143 e. The van der Waals surface area contributed by atoms with Gasteiger partial charge in [0.1, 0.15) is 23.7 Å². The van der Waals surface area contributed by atoms with Crippen LogP contribution in [0.2, 0.25) is 0 Å². The molecule has 2 aliphatic heterocycles. The Hall–Kier alpha value is -2.44. The lowest BCUT2D eigenvalue weighted by Gasteiger charge is -2.33. The summed E-state index contributed by atoms with van der Waals surface area (Å²) < 4.78 is 21.8. The van der Waals surface area contributed by atoms with Crippen LogP contribution in [0, 0.1) is 6.92 Å². The summed E-state index contributed by atoms with van der Waals surface area (Å²) in [6.45, 7) is 5.13. The molecule has 0 saturated heterocycles. The fourth-order valence-electron chi connectivity index (χ4n) is 3.68. The average Bonchev–Trinajstić information content (AvgIpc) is 2.70. The number of methoxy groups -OCH3 is 2. The molecule has 29 heavy (non-hydrogen) atoms. The molecular weight excluding hydrogens is 368 g/mol. The van der Waals surface area contributed by atoms with E-state index in [4.69, 9.17) is 18.9 Å². The molecule has 0 unspecified atom stereocenters. The number of fused-ring (bicyclic) bond motifs is 2. The van der Waals surface area contributed by atoms with Crippen LogP contribution in [0.15, 0.2) is 42.5 Å². The van der Waals surface area contributed by atoms with Gasteiger partial charge in [0.05, 0.1) is 37.7 Å². The van der Waals surface area contributed by atoms with Crippen LogP contribution in [0.5, 0.6) is 11.5 Å². The third-order valence-electron chi connectivity index (χ3n) is 5.05. The Balaban J connectivity index is 0.000000166. The minimum atomic E-state index is 0.134. The van der Waals surface area contributed by atoms with Gasteiger partial charge in [-0.1, -0.05) is 18.2 Å². The van der Waals surface area contributed by atoms with E-state index in [0.29, 0.717) is 13.2 Å². The molecule has 0 N–H and O–H groups in total. The summed E-state index contributed by atoms with van der Waals surface area (Å²) in [5.74, 6) is 1.90. The average molecular weight is 401 g/mol. The lowest BCUT2D eigenvalue weighted by Crippen LogP contribution is -2.40. The van der Waals surface area contributed by atoms with Crippen molar-refractivity contribution in [1.82, 2.24) is 0 Å². The molecule has 2 aromatic carbocycles. The van der Waals surface area contributed by atoms with E-state index in [0.717, 1.165) is 30.3 Å². The summed E-state index contributed by atoms with van der Waals surface area (Å²) in [4.78, 5) is 4.41. The lowest BCUT2D eigenvalue weighted by molar-refractivity contribution is 0.0801. The third-order valence-corrected chi connectivity index (χ3v) is 5.05. The zero-order valence-corrected chi connectivity index (χ0v) is 18.1. The zero-order chi connectivity index (χ0) is 20.8. The first-order valence-electron chi connectivity index (χ1n) is 9.95. The number of aryl methyl sites for hydroxylation is 1. The van der Waals surface area contributed by atoms with Crippen LogP contribution in [0.3, 0.4) is 0 Å². The highest BCUT2D eigenvalue weighted by molar-refractivity contribution is 5.61. The Kier molecular flexibility index (Phi) is 7.23. The van der Waals surface area contributed by atoms with E-state index in [1.807, 2.05) is 24.3 Å². The second-order valence-electron chi connectivity index (χ2n) is 7.59. The van der Waals surface area contributed by atoms with Crippen molar-refractivity contribution in [3.63, 3.8) is 0 Å². The van der Waals surface area contributed by atoms with Crippen LogP contribution in [-0.2, 0) is 9.47 Å². The molecule has 6 nitrogen and oxygen atoms in total. The van der Waals surface area contributed by atoms with Crippen LogP contribution < -0.4 is 19.3 Å². The summed E-state index contributed by atoms with van der Waals surface area (Å²) in [5.41, 5.74) is 3.58. The largest absolute Gasteiger partial charge is 0.484 e. The predicted molar refractivity (Wildman–Crippen MR) is 117 cm³/mol. The van der Waals surface area contributed by atoms with Crippen LogP contribution in [-0.4, -0.2) is 66.8 Å². The minimum absolute atomic E-state index is 0.134. The number of rotatable bonds is 4. The van der Waals surface area contributed by atoms with E-state index < -0.39 is 0 Å². The van der Waals surface area contributed by atoms with Crippen LogP contribution in [0.1, 0.15) is 5.56 Å². The van der Waals surface area contributed by atoms with Crippen molar-refractivity contribution < 1.29 is 18.9 Å². The molecule has 0 spiro atoms. The Labute approximate surface area is 173 Å². The van der Waals surface area contributed by atoms with Gasteiger partial charge in [0.25, 0.3) is 0 Å². The van der Waals surface area contributed by atoms with Gasteiger partial charge in [-0.15, -0.1) is 0 Å². The molecule has 0 saturated carbocycles. The molecule has 0 fully saturated rings. The Morgan fingerprint density at radius 1 is 0.828 bits per heavy atom. The molecule has 0 radical (unpaired) electrons. The summed E-state index contributed by atoms with van der Waals surface area (Å²) in [7, 11) is 7.56. The fourth-order valence-corrected chi connectivity index (χ4v) is 3.68. The van der Waals surface area contributed by atoms with E-state index in [1.54, 1.807) is 14.2 Å². The van der Waals surface area contributed by atoms with Crippen molar-refractivity contribution in [2.75, 3.05) is 64.4 Å². The molecule has 0 bridgehead atoms. The number of hydrogen-bond acceptors (Lipinski definition) is 6. The molecular formula is C23H32N2O4. The van der Waals surface area contributed by atoms with Gasteiger partial charge < -0.3 is 28.7 Å². The first-order valence-corrected chi connectivity index (χ1v) is 9.95. The van der Waals surface area contributed by atoms with E-state index >= 15 is 0 Å². The first-order chi connectivity index (χ1) is 14.0. The monoisotopic (exact) mass is 400 g/mol. The summed E-state index contributed by atoms with van der Waals surface area (Å²) in [6, 6.07) is 14.3. The van der Waals surface area contributed by atoms with Crippen LogP contribution in [0.25, 0.3) is 0 Å². The van der Waals surface area contributed by atoms with Gasteiger partial charge in [0.15, 0.2) is 0 Å². The third kappa shape index (κ3) is 5.34. The van der Waals surface area contributed by atoms with Crippen LogP contribution >= 0.6 is 0 Å². The number of likely N-dealkylation sites (N-methyl/N-ethyl adjacent to an activating group) is 2. The number of para-hydroxylation sites is 2. The van der Waals surface area contributed by atoms with Crippen molar-refractivity contribution in [1.29, 1.82) is 0 Å². The van der Waals surface area contributed by atoms with E-state index in [9.17, 15) is 0 Å². The second kappa shape index (κ2) is 9.85. The van der Waals surface area contributed by atoms with Crippen molar-refractivity contribution in [2.45, 2.75) is 19.1 Å². The molecule has 158 valence electrons. The van der Waals surface area contributed by atoms with E-state index in [1.165, 1.54) is 11.3 Å². The summed E-state index contributed by atoms with van der Waals surface area (Å²) in [5, 5.41) is 0. The Morgan fingerprint density at radius 2 is 1.38 bits per heavy atom. The van der Waals surface area contributed by atoms with Gasteiger partial charge in [0.2, 0.25) is 0 Å². The standard InChI is InChI=1S/C12H17NO2.C11H15NO2/c1-9-4-5-12-11(6-9)13(2)7-10(15-12)8-14-3;1-12-7-9(8-13-2)14-11-6-4-3-5-10(11)12/h4-6,10H,7-8H2,1-3H3;3-6,9H,7-8H2,1-2H3/t10-;9-/m11/s1. The number of ether oxygens (including phenoxy) is 4. The minimum Gasteiger partial charge on any atom is -0.484 e. The first kappa shape index (κ1) is 21.3. The van der Waals surface area contributed by atoms with Crippen molar-refractivity contribution in [2.24, 2.45) is 0 Å². The molecule has 2 heterocycles. The topological polar surface area (TPSA) is 43.4 Å². The predicted octanol–water partition coefficient (Wildman–Crippen LogP) is 3.37. The molecule has 4 rings (SSSR count). The zero-order valence-electron chi connectivity index (χ0n) is 18.1. The summed E-state index contributed by atoms with van der Waals surface area (Å²) >= 11 is 0. The second-order valence-corrected chi connectivity index (χ2v) is 7.59. The highest BCUT2D eigenvalue weighted by atomic mass is 16.5. The van der Waals surface area contributed by atoms with Gasteiger partial charge in [-0.25, -0.2) is 0 Å². The maximum atomic E-state index is 5.83. The molecule has 2 aromatic rings. The Bertz CT molecular complexity index is 798. The molecule has 2 aliphatic rings. The SMILES string of the molecule is COC[C@H]1CN(C)c2cc(C)ccc2O1.COC[C@H]1CN(C)c2ccccc2O1. The number of benzene rings is 2. The van der Waals surface area contributed by atoms with Gasteiger partial charge >= 0.3 is 0 Å². The molecule has 0 aliphatic carbocycles. The number of hydrogen-bond donors (Lipinski definition) is 0. The van der Waals surface area contributed by atoms with Gasteiger partial charge in [-0.05, 0) is 36.8 Å². The molecule has 6 heteroatoms. The maximum Gasteiger partial charge on any atom is 0.143 e. The van der Waals surface area contributed by atoms with E-state index in [2.05, 4.69) is 49.0 Å². The number of nitrogens with zero attached hydrogens (tertiary/aromatic N) is 2. The van der Waals surface area contributed by atoms with Crippen molar-refractivity contribution in [3.05, 3.63) is 48.0 Å². The summed E-state index contributed by atoms with van der Waals surface area (Å²) in [6.07, 6.45) is 0.273. The van der Waals surface area contributed by atoms with Crippen molar-refractivity contribution >= 4 is 11.4 Å². The number of anilines is 2. The van der Waals surface area contributed by atoms with Gasteiger partial charge in [0, 0.05) is 28.3 Å².